The quantitative estimate of drug-likeness (QED) is 0.715. The molecule has 1 aromatic heterocycles. The number of hydrogen-bond donors (Lipinski definition) is 2. The Balaban J connectivity index is 1.83. The number of phenols is 2. The highest BCUT2D eigenvalue weighted by atomic mass is 32.1. The summed E-state index contributed by atoms with van der Waals surface area (Å²) in [6.07, 6.45) is 1.74. The summed E-state index contributed by atoms with van der Waals surface area (Å²) in [5.74, 6) is -0.541. The maximum atomic E-state index is 13.3. The highest BCUT2D eigenvalue weighted by molar-refractivity contribution is 7.08. The van der Waals surface area contributed by atoms with Crippen LogP contribution < -0.4 is 4.90 Å². The molecule has 25 heavy (non-hydrogen) atoms. The first-order valence-electron chi connectivity index (χ1n) is 8.10. The third-order valence-corrected chi connectivity index (χ3v) is 5.31. The first-order chi connectivity index (χ1) is 12.1. The van der Waals surface area contributed by atoms with Crippen LogP contribution in [0.1, 0.15) is 33.9 Å². The van der Waals surface area contributed by atoms with E-state index in [4.69, 9.17) is 0 Å². The lowest BCUT2D eigenvalue weighted by Crippen LogP contribution is -2.38. The summed E-state index contributed by atoms with van der Waals surface area (Å²) in [4.78, 5) is 15.1. The minimum absolute atomic E-state index is 0.0671. The molecule has 0 radical (unpaired) electrons. The zero-order valence-electron chi connectivity index (χ0n) is 13.4. The van der Waals surface area contributed by atoms with Crippen LogP contribution in [0.25, 0.3) is 0 Å². The summed E-state index contributed by atoms with van der Waals surface area (Å²) >= 11 is 1.61. The molecule has 4 rings (SSSR count). The van der Waals surface area contributed by atoms with Crippen LogP contribution in [0.5, 0.6) is 11.5 Å². The number of nitrogens with zero attached hydrogens (tertiary/aromatic N) is 1. The summed E-state index contributed by atoms with van der Waals surface area (Å²) in [7, 11) is 0. The van der Waals surface area contributed by atoms with Crippen LogP contribution in [0, 0.1) is 0 Å². The number of thiophene rings is 1. The lowest BCUT2D eigenvalue weighted by molar-refractivity contribution is 0.0970. The molecule has 0 fully saturated rings. The van der Waals surface area contributed by atoms with Gasteiger partial charge in [0.05, 0.1) is 11.6 Å². The molecular formula is C20H17NO3S. The predicted molar refractivity (Wildman–Crippen MR) is 98.4 cm³/mol. The number of aryl methyl sites for hydroxylation is 1. The zero-order chi connectivity index (χ0) is 17.4. The van der Waals surface area contributed by atoms with Gasteiger partial charge in [0.25, 0.3) is 5.91 Å². The molecule has 5 heteroatoms. The van der Waals surface area contributed by atoms with Gasteiger partial charge in [0, 0.05) is 11.8 Å². The number of para-hydroxylation sites is 1. The third-order valence-electron chi connectivity index (χ3n) is 4.61. The molecule has 0 spiro atoms. The molecule has 1 unspecified atom stereocenters. The van der Waals surface area contributed by atoms with E-state index in [1.807, 2.05) is 35.7 Å². The van der Waals surface area contributed by atoms with Gasteiger partial charge in [-0.1, -0.05) is 18.2 Å². The van der Waals surface area contributed by atoms with E-state index < -0.39 is 0 Å². The zero-order valence-corrected chi connectivity index (χ0v) is 14.2. The van der Waals surface area contributed by atoms with Gasteiger partial charge in [-0.25, -0.2) is 0 Å². The number of aromatic hydroxyl groups is 2. The average Bonchev–Trinajstić information content (AvgIpc) is 3.14. The number of benzene rings is 2. The summed E-state index contributed by atoms with van der Waals surface area (Å²) < 4.78 is 0. The highest BCUT2D eigenvalue weighted by Gasteiger charge is 2.33. The van der Waals surface area contributed by atoms with E-state index in [0.717, 1.165) is 29.7 Å². The second kappa shape index (κ2) is 6.26. The fourth-order valence-corrected chi connectivity index (χ4v) is 4.12. The van der Waals surface area contributed by atoms with Crippen molar-refractivity contribution < 1.29 is 15.0 Å². The molecule has 0 saturated heterocycles. The van der Waals surface area contributed by atoms with Crippen LogP contribution in [-0.2, 0) is 6.42 Å². The Morgan fingerprint density at radius 2 is 1.96 bits per heavy atom. The minimum atomic E-state index is -0.263. The van der Waals surface area contributed by atoms with Gasteiger partial charge in [-0.05, 0) is 59.0 Å². The Morgan fingerprint density at radius 3 is 2.72 bits per heavy atom. The maximum absolute atomic E-state index is 13.3. The molecule has 1 aliphatic heterocycles. The molecule has 1 amide bonds. The number of phenolic OH excluding ortho intramolecular Hbond substituents is 2. The normalized spacial score (nSPS) is 16.5. The van der Waals surface area contributed by atoms with E-state index in [9.17, 15) is 15.0 Å². The number of carbonyl (C=O) groups excluding carboxylic acids is 1. The molecular weight excluding hydrogens is 334 g/mol. The largest absolute Gasteiger partial charge is 0.508 e. The molecule has 2 heterocycles. The van der Waals surface area contributed by atoms with Crippen LogP contribution in [0.2, 0.25) is 0 Å². The van der Waals surface area contributed by atoms with Crippen molar-refractivity contribution in [2.24, 2.45) is 0 Å². The number of hydrogen-bond acceptors (Lipinski definition) is 4. The third kappa shape index (κ3) is 2.76. The van der Waals surface area contributed by atoms with Gasteiger partial charge in [-0.3, -0.25) is 4.79 Å². The molecule has 0 aliphatic carbocycles. The molecule has 0 bridgehead atoms. The first kappa shape index (κ1) is 15.7. The van der Waals surface area contributed by atoms with Crippen LogP contribution in [0.15, 0.2) is 59.3 Å². The number of amides is 1. The lowest BCUT2D eigenvalue weighted by Gasteiger charge is -2.37. The Bertz CT molecular complexity index is 920. The Kier molecular flexibility index (Phi) is 3.93. The van der Waals surface area contributed by atoms with E-state index in [1.54, 1.807) is 16.2 Å². The number of carbonyl (C=O) groups is 1. The molecule has 2 aromatic carbocycles. The van der Waals surface area contributed by atoms with Crippen molar-refractivity contribution in [1.29, 1.82) is 0 Å². The van der Waals surface area contributed by atoms with Crippen molar-refractivity contribution in [3.8, 4) is 11.5 Å². The topological polar surface area (TPSA) is 60.8 Å². The monoisotopic (exact) mass is 351 g/mol. The van der Waals surface area contributed by atoms with Gasteiger partial charge in [0.1, 0.15) is 11.5 Å². The smallest absolute Gasteiger partial charge is 0.262 e. The van der Waals surface area contributed by atoms with Crippen LogP contribution in [0.4, 0.5) is 5.69 Å². The second-order valence-corrected chi connectivity index (χ2v) is 6.90. The van der Waals surface area contributed by atoms with Crippen LogP contribution in [0.3, 0.4) is 0 Å². The summed E-state index contributed by atoms with van der Waals surface area (Å²) in [6, 6.07) is 13.9. The molecule has 1 aliphatic rings. The summed E-state index contributed by atoms with van der Waals surface area (Å²) in [6.45, 7) is 0. The van der Waals surface area contributed by atoms with Gasteiger partial charge >= 0.3 is 0 Å². The standard InChI is InChI=1S/C20H17NO3S/c22-15-6-7-16(19(23)11-15)20(24)21-17-4-2-1-3-13(17)5-8-18(21)14-9-10-25-12-14/h1-4,6-7,9-12,18,22-23H,5,8H2. The number of fused-ring (bicyclic) bond motifs is 1. The molecule has 0 saturated carbocycles. The fraction of sp³-hybridized carbons (Fsp3) is 0.150. The first-order valence-corrected chi connectivity index (χ1v) is 9.05. The van der Waals surface area contributed by atoms with Crippen LogP contribution >= 0.6 is 11.3 Å². The van der Waals surface area contributed by atoms with Crippen molar-refractivity contribution >= 4 is 22.9 Å². The van der Waals surface area contributed by atoms with Crippen molar-refractivity contribution in [3.05, 3.63) is 76.0 Å². The fourth-order valence-electron chi connectivity index (χ4n) is 3.41. The minimum Gasteiger partial charge on any atom is -0.508 e. The average molecular weight is 351 g/mol. The SMILES string of the molecule is O=C(c1ccc(O)cc1O)N1c2ccccc2CCC1c1ccsc1. The molecule has 4 nitrogen and oxygen atoms in total. The Labute approximate surface area is 149 Å². The van der Waals surface area contributed by atoms with Gasteiger partial charge in [0.15, 0.2) is 0 Å². The van der Waals surface area contributed by atoms with Crippen molar-refractivity contribution in [3.63, 3.8) is 0 Å². The Morgan fingerprint density at radius 1 is 1.12 bits per heavy atom. The van der Waals surface area contributed by atoms with E-state index in [1.165, 1.54) is 18.2 Å². The highest BCUT2D eigenvalue weighted by Crippen LogP contribution is 2.41. The van der Waals surface area contributed by atoms with E-state index in [2.05, 4.69) is 5.38 Å². The lowest BCUT2D eigenvalue weighted by atomic mass is 9.91. The van der Waals surface area contributed by atoms with Gasteiger partial charge in [-0.15, -0.1) is 0 Å². The number of anilines is 1. The van der Waals surface area contributed by atoms with Crippen molar-refractivity contribution in [1.82, 2.24) is 0 Å². The predicted octanol–water partition coefficient (Wildman–Crippen LogP) is 4.49. The summed E-state index contributed by atoms with van der Waals surface area (Å²) in [5, 5.41) is 23.7. The van der Waals surface area contributed by atoms with Crippen LogP contribution in [-0.4, -0.2) is 16.1 Å². The maximum Gasteiger partial charge on any atom is 0.262 e. The molecule has 126 valence electrons. The van der Waals surface area contributed by atoms with Crippen molar-refractivity contribution in [2.75, 3.05) is 4.90 Å². The van der Waals surface area contributed by atoms with E-state index in [0.29, 0.717) is 0 Å². The number of rotatable bonds is 2. The van der Waals surface area contributed by atoms with Crippen molar-refractivity contribution in [2.45, 2.75) is 18.9 Å². The second-order valence-electron chi connectivity index (χ2n) is 6.12. The molecule has 1 atom stereocenters. The molecule has 3 aromatic rings. The van der Waals surface area contributed by atoms with Gasteiger partial charge < -0.3 is 15.1 Å². The van der Waals surface area contributed by atoms with E-state index >= 15 is 0 Å². The summed E-state index contributed by atoms with van der Waals surface area (Å²) in [5.41, 5.74) is 3.30. The molecule has 2 N–H and O–H groups in total. The Hall–Kier alpha value is -2.79. The van der Waals surface area contributed by atoms with E-state index in [-0.39, 0.29) is 29.0 Å². The van der Waals surface area contributed by atoms with Gasteiger partial charge in [-0.2, -0.15) is 11.3 Å². The van der Waals surface area contributed by atoms with Gasteiger partial charge in [0.2, 0.25) is 0 Å².